The molecule has 3 heterocycles. The molecule has 1 fully saturated rings. The van der Waals surface area contributed by atoms with E-state index in [0.29, 0.717) is 16.8 Å². The van der Waals surface area contributed by atoms with Crippen LogP contribution in [0.4, 0.5) is 4.79 Å². The molecule has 9 heteroatoms. The van der Waals surface area contributed by atoms with Crippen molar-refractivity contribution in [1.82, 2.24) is 19.6 Å². The molecule has 0 bridgehead atoms. The second-order valence-corrected chi connectivity index (χ2v) is 8.34. The number of carbonyl (C=O) groups excluding carboxylic acids is 2. The van der Waals surface area contributed by atoms with Gasteiger partial charge in [-0.1, -0.05) is 28.7 Å². The van der Waals surface area contributed by atoms with Crippen LogP contribution in [-0.2, 0) is 11.3 Å². The van der Waals surface area contributed by atoms with E-state index in [0.717, 1.165) is 17.0 Å². The fraction of sp³-hybridized carbons (Fsp3) is 0.381. The maximum Gasteiger partial charge on any atom is 0.421 e. The monoisotopic (exact) mass is 427 g/mol. The molecule has 1 aromatic carbocycles. The number of aliphatic imine (C=N–C) groups is 1. The van der Waals surface area contributed by atoms with Crippen LogP contribution >= 0.6 is 11.6 Å². The molecule has 1 saturated heterocycles. The minimum absolute atomic E-state index is 0.0295. The number of carbonyl (C=O) groups is 2. The highest BCUT2D eigenvalue weighted by molar-refractivity contribution is 6.30. The minimum atomic E-state index is -0.682. The molecule has 0 spiro atoms. The van der Waals surface area contributed by atoms with E-state index in [1.165, 1.54) is 9.80 Å². The summed E-state index contributed by atoms with van der Waals surface area (Å²) in [5, 5.41) is 5.14. The molecule has 1 unspecified atom stereocenters. The van der Waals surface area contributed by atoms with Gasteiger partial charge < -0.3 is 0 Å². The summed E-state index contributed by atoms with van der Waals surface area (Å²) in [4.78, 5) is 33.9. The Balaban J connectivity index is 1.77. The maximum atomic E-state index is 13.5. The number of nitrogens with zero attached hydrogens (tertiary/aromatic N) is 6. The topological polar surface area (TPSA) is 73.8 Å². The third-order valence-corrected chi connectivity index (χ3v) is 5.59. The normalized spacial score (nSPS) is 19.2. The summed E-state index contributed by atoms with van der Waals surface area (Å²) in [6.07, 6.45) is 0. The summed E-state index contributed by atoms with van der Waals surface area (Å²) in [7, 11) is 1.65. The van der Waals surface area contributed by atoms with Crippen molar-refractivity contribution >= 4 is 35.3 Å². The van der Waals surface area contributed by atoms with Crippen molar-refractivity contribution in [3.05, 3.63) is 52.3 Å². The van der Waals surface area contributed by atoms with E-state index in [1.54, 1.807) is 23.9 Å². The van der Waals surface area contributed by atoms with Crippen LogP contribution < -0.4 is 0 Å². The number of likely N-dealkylation sites (N-methyl/N-ethyl adjacent to an activating group) is 1. The van der Waals surface area contributed by atoms with Crippen molar-refractivity contribution in [1.29, 1.82) is 0 Å². The highest BCUT2D eigenvalue weighted by Gasteiger charge is 2.53. The molecule has 1 atom stereocenters. The number of urea groups is 1. The van der Waals surface area contributed by atoms with E-state index in [9.17, 15) is 9.59 Å². The molecule has 0 radical (unpaired) electrons. The number of aromatic nitrogens is 2. The number of hydrogen-bond donors (Lipinski definition) is 0. The smallest absolute Gasteiger partial charge is 0.270 e. The molecular weight excluding hydrogens is 404 g/mol. The SMILES string of the molecule is Cc1cc(C)n(C2=[N+](C(C)C)C3C(=O)N(Cc4ccc(Cl)cc4)C(=O)N(C)C3=N2)n1. The summed E-state index contributed by atoms with van der Waals surface area (Å²) in [6, 6.07) is 7.97. The summed E-state index contributed by atoms with van der Waals surface area (Å²) in [6.45, 7) is 8.02. The summed E-state index contributed by atoms with van der Waals surface area (Å²) >= 11 is 5.96. The van der Waals surface area contributed by atoms with Crippen LogP contribution in [0, 0.1) is 13.8 Å². The minimum Gasteiger partial charge on any atom is -0.270 e. The number of halogens is 1. The molecule has 2 aliphatic rings. The van der Waals surface area contributed by atoms with Crippen molar-refractivity contribution in [2.75, 3.05) is 7.05 Å². The van der Waals surface area contributed by atoms with E-state index in [1.807, 2.05) is 50.5 Å². The molecule has 156 valence electrons. The zero-order valence-electron chi connectivity index (χ0n) is 17.6. The zero-order valence-corrected chi connectivity index (χ0v) is 18.4. The molecule has 8 nitrogen and oxygen atoms in total. The zero-order chi connectivity index (χ0) is 21.7. The summed E-state index contributed by atoms with van der Waals surface area (Å²) < 4.78 is 3.66. The van der Waals surface area contributed by atoms with Crippen LogP contribution in [0.1, 0.15) is 30.8 Å². The Morgan fingerprint density at radius 1 is 1.17 bits per heavy atom. The van der Waals surface area contributed by atoms with E-state index in [2.05, 4.69) is 5.10 Å². The van der Waals surface area contributed by atoms with Gasteiger partial charge in [0.15, 0.2) is 0 Å². The highest BCUT2D eigenvalue weighted by Crippen LogP contribution is 2.24. The van der Waals surface area contributed by atoms with E-state index in [4.69, 9.17) is 16.6 Å². The number of amides is 3. The summed E-state index contributed by atoms with van der Waals surface area (Å²) in [5.41, 5.74) is 2.60. The maximum absolute atomic E-state index is 13.5. The largest absolute Gasteiger partial charge is 0.421 e. The van der Waals surface area contributed by atoms with Gasteiger partial charge in [0.25, 0.3) is 5.91 Å². The van der Waals surface area contributed by atoms with Crippen LogP contribution in [-0.4, -0.2) is 67.0 Å². The van der Waals surface area contributed by atoms with Gasteiger partial charge in [0.2, 0.25) is 11.9 Å². The number of rotatable bonds is 3. The fourth-order valence-corrected chi connectivity index (χ4v) is 4.03. The Bertz CT molecular complexity index is 1100. The average molecular weight is 428 g/mol. The third-order valence-electron chi connectivity index (χ3n) is 5.34. The van der Waals surface area contributed by atoms with Gasteiger partial charge in [0.1, 0.15) is 5.69 Å². The second kappa shape index (κ2) is 7.36. The van der Waals surface area contributed by atoms with Crippen LogP contribution in [0.3, 0.4) is 0 Å². The van der Waals surface area contributed by atoms with Gasteiger partial charge in [-0.15, -0.1) is 9.78 Å². The van der Waals surface area contributed by atoms with E-state index >= 15 is 0 Å². The van der Waals surface area contributed by atoms with Gasteiger partial charge in [0, 0.05) is 12.1 Å². The lowest BCUT2D eigenvalue weighted by atomic mass is 10.1. The number of fused-ring (bicyclic) bond motifs is 1. The first-order valence-corrected chi connectivity index (χ1v) is 10.2. The van der Waals surface area contributed by atoms with Crippen LogP contribution in [0.2, 0.25) is 5.02 Å². The van der Waals surface area contributed by atoms with Gasteiger partial charge in [0.05, 0.1) is 18.3 Å². The van der Waals surface area contributed by atoms with Crippen LogP contribution in [0.15, 0.2) is 35.3 Å². The second-order valence-electron chi connectivity index (χ2n) is 7.90. The van der Waals surface area contributed by atoms with Crippen molar-refractivity contribution < 1.29 is 14.2 Å². The van der Waals surface area contributed by atoms with Gasteiger partial charge in [-0.2, -0.15) is 0 Å². The lowest BCUT2D eigenvalue weighted by molar-refractivity contribution is -0.567. The van der Waals surface area contributed by atoms with Crippen molar-refractivity contribution in [2.24, 2.45) is 4.99 Å². The lowest BCUT2D eigenvalue weighted by Crippen LogP contribution is -2.63. The molecule has 2 aromatic rings. The van der Waals surface area contributed by atoms with Crippen molar-refractivity contribution in [3.63, 3.8) is 0 Å². The number of imide groups is 1. The molecular formula is C21H24ClN6O2+. The van der Waals surface area contributed by atoms with Gasteiger partial charge in [-0.3, -0.25) is 14.6 Å². The molecule has 0 aliphatic carbocycles. The number of aryl methyl sites for hydroxylation is 2. The Hall–Kier alpha value is -3.00. The Labute approximate surface area is 180 Å². The molecule has 1 aromatic heterocycles. The Kier molecular flexibility index (Phi) is 4.97. The van der Waals surface area contributed by atoms with Crippen molar-refractivity contribution in [2.45, 2.75) is 46.3 Å². The fourth-order valence-electron chi connectivity index (χ4n) is 3.91. The van der Waals surface area contributed by atoms with Crippen molar-refractivity contribution in [3.8, 4) is 0 Å². The van der Waals surface area contributed by atoms with E-state index < -0.39 is 12.1 Å². The predicted octanol–water partition coefficient (Wildman–Crippen LogP) is 2.65. The Morgan fingerprint density at radius 3 is 2.40 bits per heavy atom. The van der Waals surface area contributed by atoms with Gasteiger partial charge in [-0.25, -0.2) is 9.37 Å². The Morgan fingerprint density at radius 2 is 1.83 bits per heavy atom. The molecule has 2 aliphatic heterocycles. The highest BCUT2D eigenvalue weighted by atomic mass is 35.5. The van der Waals surface area contributed by atoms with Gasteiger partial charge in [-0.05, 0) is 51.5 Å². The first kappa shape index (κ1) is 20.3. The van der Waals surface area contributed by atoms with E-state index in [-0.39, 0.29) is 18.5 Å². The summed E-state index contributed by atoms with van der Waals surface area (Å²) in [5.74, 6) is 0.683. The first-order chi connectivity index (χ1) is 14.2. The molecule has 0 N–H and O–H groups in total. The lowest BCUT2D eigenvalue weighted by Gasteiger charge is -2.34. The molecule has 0 saturated carbocycles. The standard InChI is InChI=1S/C21H24ClN6O2/c1-12(2)27-17-18(23-20(27)28-14(4)10-13(3)24-28)25(5)21(30)26(19(17)29)11-15-6-8-16(22)9-7-15/h6-10,12,17H,11H2,1-5H3/q+1. The molecule has 30 heavy (non-hydrogen) atoms. The molecule has 4 rings (SSSR count). The van der Waals surface area contributed by atoms with Crippen LogP contribution in [0.5, 0.6) is 0 Å². The predicted molar refractivity (Wildman–Crippen MR) is 114 cm³/mol. The quantitative estimate of drug-likeness (QED) is 0.707. The first-order valence-electron chi connectivity index (χ1n) is 9.80. The number of hydrogen-bond acceptors (Lipinski definition) is 4. The number of amidine groups is 1. The average Bonchev–Trinajstić information content (AvgIpc) is 3.25. The van der Waals surface area contributed by atoms with Gasteiger partial charge >= 0.3 is 12.0 Å². The third kappa shape index (κ3) is 3.21. The number of benzene rings is 1. The van der Waals surface area contributed by atoms with Crippen LogP contribution in [0.25, 0.3) is 0 Å². The molecule has 3 amide bonds.